The van der Waals surface area contributed by atoms with Gasteiger partial charge >= 0.3 is 6.18 Å². The number of pyridine rings is 1. The first-order chi connectivity index (χ1) is 9.43. The van der Waals surface area contributed by atoms with Gasteiger partial charge in [-0.15, -0.1) is 0 Å². The molecule has 0 unspecified atom stereocenters. The Hall–Kier alpha value is -2.15. The minimum atomic E-state index is -4.33. The van der Waals surface area contributed by atoms with Gasteiger partial charge in [-0.25, -0.2) is 9.97 Å². The van der Waals surface area contributed by atoms with Crippen molar-refractivity contribution in [1.29, 1.82) is 0 Å². The maximum absolute atomic E-state index is 12.5. The third-order valence-corrected chi connectivity index (χ3v) is 3.57. The first-order valence-corrected chi connectivity index (χ1v) is 6.46. The van der Waals surface area contributed by atoms with Crippen LogP contribution in [0.3, 0.4) is 0 Å². The van der Waals surface area contributed by atoms with Gasteiger partial charge in [-0.3, -0.25) is 0 Å². The largest absolute Gasteiger partial charge is 0.416 e. The predicted octanol–water partition coefficient (Wildman–Crippen LogP) is 3.96. The molecule has 7 heteroatoms. The zero-order chi connectivity index (χ0) is 14.3. The van der Waals surface area contributed by atoms with E-state index in [-0.39, 0.29) is 0 Å². The number of anilines is 1. The summed E-state index contributed by atoms with van der Waals surface area (Å²) in [5.41, 5.74) is 6.81. The second-order valence-electron chi connectivity index (χ2n) is 4.15. The second-order valence-corrected chi connectivity index (χ2v) is 5.16. The molecule has 0 saturated heterocycles. The highest BCUT2D eigenvalue weighted by molar-refractivity contribution is 7.21. The average Bonchev–Trinajstić information content (AvgIpc) is 2.77. The lowest BCUT2D eigenvalue weighted by Gasteiger charge is -2.07. The van der Waals surface area contributed by atoms with Crippen molar-refractivity contribution in [3.63, 3.8) is 0 Å². The van der Waals surface area contributed by atoms with Gasteiger partial charge in [-0.2, -0.15) is 13.2 Å². The number of benzene rings is 1. The van der Waals surface area contributed by atoms with Crippen molar-refractivity contribution in [1.82, 2.24) is 9.97 Å². The van der Waals surface area contributed by atoms with Gasteiger partial charge < -0.3 is 5.73 Å². The van der Waals surface area contributed by atoms with Crippen LogP contribution in [0.25, 0.3) is 21.6 Å². The van der Waals surface area contributed by atoms with E-state index in [1.807, 2.05) is 0 Å². The summed E-state index contributed by atoms with van der Waals surface area (Å²) in [6, 6.07) is 8.36. The van der Waals surface area contributed by atoms with Gasteiger partial charge in [0, 0.05) is 5.56 Å². The summed E-state index contributed by atoms with van der Waals surface area (Å²) in [6.07, 6.45) is -4.33. The summed E-state index contributed by atoms with van der Waals surface area (Å²) in [6.45, 7) is 0. The summed E-state index contributed by atoms with van der Waals surface area (Å²) in [7, 11) is 0. The molecule has 0 radical (unpaired) electrons. The summed E-state index contributed by atoms with van der Waals surface area (Å²) in [5, 5.41) is 0.414. The fourth-order valence-electron chi connectivity index (χ4n) is 1.82. The highest BCUT2D eigenvalue weighted by Gasteiger charge is 2.30. The molecule has 0 amide bonds. The molecule has 2 aromatic heterocycles. The molecule has 0 saturated carbocycles. The quantitative estimate of drug-likeness (QED) is 0.739. The zero-order valence-corrected chi connectivity index (χ0v) is 10.8. The lowest BCUT2D eigenvalue weighted by molar-refractivity contribution is -0.137. The number of nitrogens with zero attached hydrogens (tertiary/aromatic N) is 2. The third-order valence-electron chi connectivity index (χ3n) is 2.78. The van der Waals surface area contributed by atoms with Crippen LogP contribution < -0.4 is 5.73 Å². The van der Waals surface area contributed by atoms with Crippen molar-refractivity contribution in [3.05, 3.63) is 42.0 Å². The van der Waals surface area contributed by atoms with E-state index in [1.54, 1.807) is 12.1 Å². The lowest BCUT2D eigenvalue weighted by atomic mass is 10.1. The van der Waals surface area contributed by atoms with Crippen LogP contribution in [-0.2, 0) is 6.18 Å². The fraction of sp³-hybridized carbons (Fsp3) is 0.0769. The van der Waals surface area contributed by atoms with E-state index in [9.17, 15) is 13.2 Å². The molecule has 0 atom stereocenters. The van der Waals surface area contributed by atoms with Crippen LogP contribution in [0.2, 0.25) is 0 Å². The topological polar surface area (TPSA) is 51.8 Å². The predicted molar refractivity (Wildman–Crippen MR) is 72.3 cm³/mol. The Morgan fingerprint density at radius 2 is 1.65 bits per heavy atom. The molecule has 0 fully saturated rings. The van der Waals surface area contributed by atoms with E-state index < -0.39 is 11.7 Å². The van der Waals surface area contributed by atoms with Crippen LogP contribution in [0.15, 0.2) is 36.4 Å². The molecule has 0 aliphatic heterocycles. The van der Waals surface area contributed by atoms with Gasteiger partial charge in [0.25, 0.3) is 0 Å². The smallest absolute Gasteiger partial charge is 0.375 e. The maximum Gasteiger partial charge on any atom is 0.416 e. The number of nitrogens with two attached hydrogens (primary N) is 1. The summed E-state index contributed by atoms with van der Waals surface area (Å²) in [5.74, 6) is 0. The molecule has 102 valence electrons. The standard InChI is InChI=1S/C13H8F3N3S/c14-13(15,16)8-3-1-7(2-4-8)9-5-6-10-11(18-9)20-12(17)19-10/h1-6H,(H2,17,19). The van der Waals surface area contributed by atoms with E-state index >= 15 is 0 Å². The molecule has 0 spiro atoms. The average molecular weight is 295 g/mol. The first-order valence-electron chi connectivity index (χ1n) is 5.64. The molecule has 3 nitrogen and oxygen atoms in total. The molecule has 2 heterocycles. The Kier molecular flexibility index (Phi) is 2.86. The third kappa shape index (κ3) is 2.32. The van der Waals surface area contributed by atoms with Crippen LogP contribution in [0.4, 0.5) is 18.3 Å². The summed E-state index contributed by atoms with van der Waals surface area (Å²) >= 11 is 1.24. The number of halogens is 3. The Labute approximate surface area is 115 Å². The normalized spacial score (nSPS) is 11.9. The highest BCUT2D eigenvalue weighted by Crippen LogP contribution is 2.31. The van der Waals surface area contributed by atoms with Crippen molar-refractivity contribution >= 4 is 26.8 Å². The monoisotopic (exact) mass is 295 g/mol. The number of thiazole rings is 1. The second kappa shape index (κ2) is 4.45. The van der Waals surface area contributed by atoms with E-state index in [0.29, 0.717) is 26.7 Å². The van der Waals surface area contributed by atoms with Gasteiger partial charge in [0.1, 0.15) is 10.3 Å². The first kappa shape index (κ1) is 12.9. The SMILES string of the molecule is Nc1nc2ccc(-c3ccc(C(F)(F)F)cc3)nc2s1. The Balaban J connectivity index is 2.02. The van der Waals surface area contributed by atoms with Gasteiger partial charge in [0.2, 0.25) is 0 Å². The molecule has 2 N–H and O–H groups in total. The molecule has 20 heavy (non-hydrogen) atoms. The van der Waals surface area contributed by atoms with E-state index in [1.165, 1.54) is 23.5 Å². The molecule has 3 aromatic rings. The molecule has 1 aromatic carbocycles. The molecular weight excluding hydrogens is 287 g/mol. The van der Waals surface area contributed by atoms with Gasteiger partial charge in [0.05, 0.1) is 11.3 Å². The van der Waals surface area contributed by atoms with Crippen molar-refractivity contribution in [3.8, 4) is 11.3 Å². The van der Waals surface area contributed by atoms with Gasteiger partial charge in [-0.05, 0) is 24.3 Å². The molecule has 3 rings (SSSR count). The van der Waals surface area contributed by atoms with Crippen molar-refractivity contribution in [2.45, 2.75) is 6.18 Å². The van der Waals surface area contributed by atoms with Crippen molar-refractivity contribution in [2.24, 2.45) is 0 Å². The summed E-state index contributed by atoms with van der Waals surface area (Å²) < 4.78 is 37.5. The van der Waals surface area contributed by atoms with E-state index in [0.717, 1.165) is 12.1 Å². The number of hydrogen-bond donors (Lipinski definition) is 1. The van der Waals surface area contributed by atoms with Crippen molar-refractivity contribution < 1.29 is 13.2 Å². The Morgan fingerprint density at radius 3 is 2.30 bits per heavy atom. The number of nitrogen functional groups attached to an aromatic ring is 1. The number of hydrogen-bond acceptors (Lipinski definition) is 4. The number of fused-ring (bicyclic) bond motifs is 1. The number of alkyl halides is 3. The van der Waals surface area contributed by atoms with E-state index in [4.69, 9.17) is 5.73 Å². The highest BCUT2D eigenvalue weighted by atomic mass is 32.1. The number of aromatic nitrogens is 2. The Bertz CT molecular complexity index is 763. The van der Waals surface area contributed by atoms with Crippen molar-refractivity contribution in [2.75, 3.05) is 5.73 Å². The van der Waals surface area contributed by atoms with Gasteiger partial charge in [-0.1, -0.05) is 23.5 Å². The lowest BCUT2D eigenvalue weighted by Crippen LogP contribution is -2.04. The minimum absolute atomic E-state index is 0.414. The maximum atomic E-state index is 12.5. The molecule has 0 aliphatic carbocycles. The van der Waals surface area contributed by atoms with Crippen LogP contribution in [0.5, 0.6) is 0 Å². The van der Waals surface area contributed by atoms with Crippen LogP contribution in [0.1, 0.15) is 5.56 Å². The molecule has 0 bridgehead atoms. The zero-order valence-electron chi connectivity index (χ0n) is 9.98. The number of rotatable bonds is 1. The van der Waals surface area contributed by atoms with Crippen LogP contribution in [0, 0.1) is 0 Å². The van der Waals surface area contributed by atoms with Crippen LogP contribution >= 0.6 is 11.3 Å². The minimum Gasteiger partial charge on any atom is -0.375 e. The molecule has 0 aliphatic rings. The fourth-order valence-corrected chi connectivity index (χ4v) is 2.53. The van der Waals surface area contributed by atoms with E-state index in [2.05, 4.69) is 9.97 Å². The van der Waals surface area contributed by atoms with Crippen LogP contribution in [-0.4, -0.2) is 9.97 Å². The summed E-state index contributed by atoms with van der Waals surface area (Å²) in [4.78, 5) is 9.10. The van der Waals surface area contributed by atoms with Gasteiger partial charge in [0.15, 0.2) is 5.13 Å². The molecular formula is C13H8F3N3S. The Morgan fingerprint density at radius 1 is 0.950 bits per heavy atom.